The van der Waals surface area contributed by atoms with E-state index in [4.69, 9.17) is 9.47 Å². The molecule has 1 aromatic carbocycles. The molecule has 1 rings (SSSR count). The molecule has 1 unspecified atom stereocenters. The molecule has 1 aromatic rings. The molecule has 4 heteroatoms. The van der Waals surface area contributed by atoms with Crippen molar-refractivity contribution in [1.29, 1.82) is 0 Å². The average molecular weight is 344 g/mol. The number of benzene rings is 1. The van der Waals surface area contributed by atoms with Crippen LogP contribution in [-0.4, -0.2) is 20.8 Å². The summed E-state index contributed by atoms with van der Waals surface area (Å²) in [5.41, 5.74) is 1.25. The fourth-order valence-corrected chi connectivity index (χ4v) is 3.00. The maximum absolute atomic E-state index is 5.61. The summed E-state index contributed by atoms with van der Waals surface area (Å²) in [5, 5.41) is 3.62. The molecule has 0 saturated carbocycles. The van der Waals surface area contributed by atoms with Crippen molar-refractivity contribution in [3.63, 3.8) is 0 Å². The Balaban J connectivity index is 3.29. The van der Waals surface area contributed by atoms with Gasteiger partial charge in [0.25, 0.3) is 0 Å². The van der Waals surface area contributed by atoms with E-state index in [1.807, 2.05) is 6.07 Å². The molecule has 0 spiro atoms. The van der Waals surface area contributed by atoms with Gasteiger partial charge in [-0.15, -0.1) is 0 Å². The molecule has 0 aromatic heterocycles. The Kier molecular flexibility index (Phi) is 6.34. The summed E-state index contributed by atoms with van der Waals surface area (Å²) in [5.74, 6) is 1.63. The SMILES string of the molecule is CCCNC(c1ccc(OC)c(Br)c1OC)C(C)(C)C. The minimum Gasteiger partial charge on any atom is -0.495 e. The highest BCUT2D eigenvalue weighted by atomic mass is 79.9. The highest BCUT2D eigenvalue weighted by Crippen LogP contribution is 2.44. The quantitative estimate of drug-likeness (QED) is 0.821. The van der Waals surface area contributed by atoms with Gasteiger partial charge in [-0.2, -0.15) is 0 Å². The predicted octanol–water partition coefficient (Wildman–Crippen LogP) is 4.55. The van der Waals surface area contributed by atoms with Gasteiger partial charge in [-0.25, -0.2) is 0 Å². The molecule has 0 fully saturated rings. The van der Waals surface area contributed by atoms with Gasteiger partial charge < -0.3 is 14.8 Å². The summed E-state index contributed by atoms with van der Waals surface area (Å²) in [7, 11) is 3.36. The third-order valence-corrected chi connectivity index (χ3v) is 4.04. The predicted molar refractivity (Wildman–Crippen MR) is 87.7 cm³/mol. The Morgan fingerprint density at radius 3 is 2.30 bits per heavy atom. The van der Waals surface area contributed by atoms with Crippen LogP contribution in [0.3, 0.4) is 0 Å². The molecular weight excluding hydrogens is 318 g/mol. The first-order valence-corrected chi connectivity index (χ1v) is 7.79. The number of halogens is 1. The number of hydrogen-bond acceptors (Lipinski definition) is 3. The minimum atomic E-state index is 0.0937. The van der Waals surface area contributed by atoms with Crippen LogP contribution >= 0.6 is 15.9 Å². The fourth-order valence-electron chi connectivity index (χ4n) is 2.32. The van der Waals surface area contributed by atoms with Crippen LogP contribution in [0, 0.1) is 5.41 Å². The molecule has 0 aliphatic rings. The van der Waals surface area contributed by atoms with Gasteiger partial charge >= 0.3 is 0 Å². The van der Waals surface area contributed by atoms with E-state index < -0.39 is 0 Å². The van der Waals surface area contributed by atoms with E-state index in [0.29, 0.717) is 0 Å². The van der Waals surface area contributed by atoms with Gasteiger partial charge in [0.2, 0.25) is 0 Å². The molecule has 20 heavy (non-hydrogen) atoms. The third kappa shape index (κ3) is 3.89. The van der Waals surface area contributed by atoms with Crippen molar-refractivity contribution in [1.82, 2.24) is 5.32 Å². The van der Waals surface area contributed by atoms with Crippen LogP contribution in [0.1, 0.15) is 45.7 Å². The Morgan fingerprint density at radius 1 is 1.20 bits per heavy atom. The van der Waals surface area contributed by atoms with Crippen LogP contribution in [0.2, 0.25) is 0 Å². The van der Waals surface area contributed by atoms with Crippen molar-refractivity contribution < 1.29 is 9.47 Å². The van der Waals surface area contributed by atoms with E-state index >= 15 is 0 Å². The molecule has 1 N–H and O–H groups in total. The van der Waals surface area contributed by atoms with Crippen molar-refractivity contribution in [2.75, 3.05) is 20.8 Å². The zero-order valence-corrected chi connectivity index (χ0v) is 14.9. The first-order chi connectivity index (χ1) is 9.36. The normalized spacial score (nSPS) is 13.2. The summed E-state index contributed by atoms with van der Waals surface area (Å²) < 4.78 is 11.8. The number of hydrogen-bond donors (Lipinski definition) is 1. The smallest absolute Gasteiger partial charge is 0.141 e. The number of nitrogens with one attached hydrogen (secondary N) is 1. The fraction of sp³-hybridized carbons (Fsp3) is 0.625. The summed E-state index contributed by atoms with van der Waals surface area (Å²) in [6, 6.07) is 4.29. The lowest BCUT2D eigenvalue weighted by Crippen LogP contribution is -2.33. The zero-order valence-electron chi connectivity index (χ0n) is 13.3. The number of methoxy groups -OCH3 is 2. The van der Waals surface area contributed by atoms with E-state index in [9.17, 15) is 0 Å². The Labute approximate surface area is 131 Å². The molecule has 0 bridgehead atoms. The van der Waals surface area contributed by atoms with Gasteiger partial charge in [-0.3, -0.25) is 0 Å². The van der Waals surface area contributed by atoms with Crippen LogP contribution in [0.4, 0.5) is 0 Å². The molecule has 0 radical (unpaired) electrons. The lowest BCUT2D eigenvalue weighted by molar-refractivity contribution is 0.264. The maximum atomic E-state index is 5.61. The number of ether oxygens (including phenoxy) is 2. The molecule has 0 amide bonds. The van der Waals surface area contributed by atoms with E-state index in [-0.39, 0.29) is 11.5 Å². The van der Waals surface area contributed by atoms with E-state index in [1.54, 1.807) is 14.2 Å². The molecule has 0 aliphatic carbocycles. The van der Waals surface area contributed by atoms with Crippen LogP contribution in [0.25, 0.3) is 0 Å². The standard InChI is InChI=1S/C16H26BrNO2/c1-7-10-18-15(16(2,3)4)11-8-9-12(19-5)13(17)14(11)20-6/h8-9,15,18H,7,10H2,1-6H3. The van der Waals surface area contributed by atoms with E-state index in [0.717, 1.165) is 34.5 Å². The van der Waals surface area contributed by atoms with Gasteiger partial charge in [0.1, 0.15) is 16.0 Å². The Morgan fingerprint density at radius 2 is 1.85 bits per heavy atom. The molecule has 0 saturated heterocycles. The van der Waals surface area contributed by atoms with Gasteiger partial charge in [0.15, 0.2) is 0 Å². The summed E-state index contributed by atoms with van der Waals surface area (Å²) in [4.78, 5) is 0. The second kappa shape index (κ2) is 7.32. The molecular formula is C16H26BrNO2. The second-order valence-corrected chi connectivity index (χ2v) is 6.75. The summed E-state index contributed by atoms with van der Waals surface area (Å²) >= 11 is 3.58. The van der Waals surface area contributed by atoms with Gasteiger partial charge in [-0.1, -0.05) is 27.7 Å². The van der Waals surface area contributed by atoms with E-state index in [2.05, 4.69) is 55.0 Å². The molecule has 114 valence electrons. The van der Waals surface area contributed by atoms with Crippen molar-refractivity contribution in [3.05, 3.63) is 22.2 Å². The largest absolute Gasteiger partial charge is 0.495 e. The van der Waals surface area contributed by atoms with Crippen molar-refractivity contribution in [3.8, 4) is 11.5 Å². The van der Waals surface area contributed by atoms with Crippen LogP contribution in [-0.2, 0) is 0 Å². The average Bonchev–Trinajstić information content (AvgIpc) is 2.38. The minimum absolute atomic E-state index is 0.0937. The highest BCUT2D eigenvalue weighted by Gasteiger charge is 2.29. The Hall–Kier alpha value is -0.740. The van der Waals surface area contributed by atoms with Crippen LogP contribution < -0.4 is 14.8 Å². The van der Waals surface area contributed by atoms with Crippen molar-refractivity contribution in [2.45, 2.75) is 40.2 Å². The lowest BCUT2D eigenvalue weighted by Gasteiger charge is -2.33. The first kappa shape index (κ1) is 17.3. The second-order valence-electron chi connectivity index (χ2n) is 5.96. The summed E-state index contributed by atoms with van der Waals surface area (Å²) in [6.07, 6.45) is 1.10. The highest BCUT2D eigenvalue weighted by molar-refractivity contribution is 9.10. The van der Waals surface area contributed by atoms with Crippen molar-refractivity contribution in [2.24, 2.45) is 5.41 Å². The van der Waals surface area contributed by atoms with E-state index in [1.165, 1.54) is 0 Å². The summed E-state index contributed by atoms with van der Waals surface area (Å²) in [6.45, 7) is 9.86. The Bertz CT molecular complexity index is 441. The zero-order chi connectivity index (χ0) is 15.3. The topological polar surface area (TPSA) is 30.5 Å². The van der Waals surface area contributed by atoms with Crippen LogP contribution in [0.5, 0.6) is 11.5 Å². The molecule has 1 atom stereocenters. The molecule has 3 nitrogen and oxygen atoms in total. The first-order valence-electron chi connectivity index (χ1n) is 7.00. The molecule has 0 heterocycles. The van der Waals surface area contributed by atoms with Crippen LogP contribution in [0.15, 0.2) is 16.6 Å². The van der Waals surface area contributed by atoms with Gasteiger partial charge in [-0.05, 0) is 46.4 Å². The lowest BCUT2D eigenvalue weighted by atomic mass is 9.82. The van der Waals surface area contributed by atoms with Crippen molar-refractivity contribution >= 4 is 15.9 Å². The molecule has 0 aliphatic heterocycles. The third-order valence-electron chi connectivity index (χ3n) is 3.29. The van der Waals surface area contributed by atoms with Gasteiger partial charge in [0, 0.05) is 11.6 Å². The van der Waals surface area contributed by atoms with Gasteiger partial charge in [0.05, 0.1) is 14.2 Å². The number of rotatable bonds is 6. The monoisotopic (exact) mass is 343 g/mol. The maximum Gasteiger partial charge on any atom is 0.141 e.